The fourth-order valence-electron chi connectivity index (χ4n) is 2.02. The van der Waals surface area contributed by atoms with Gasteiger partial charge < -0.3 is 14.6 Å². The molecule has 1 atom stereocenters. The molecule has 3 nitrogen and oxygen atoms in total. The van der Waals surface area contributed by atoms with E-state index in [0.717, 1.165) is 17.2 Å². The summed E-state index contributed by atoms with van der Waals surface area (Å²) in [5.41, 5.74) is 1.99. The van der Waals surface area contributed by atoms with E-state index in [-0.39, 0.29) is 13.2 Å². The molecule has 2 rings (SSSR count). The van der Waals surface area contributed by atoms with E-state index in [1.165, 1.54) is 0 Å². The van der Waals surface area contributed by atoms with Crippen molar-refractivity contribution in [3.05, 3.63) is 83.7 Å². The molecule has 23 heavy (non-hydrogen) atoms. The average molecular weight is 316 g/mol. The summed E-state index contributed by atoms with van der Waals surface area (Å²) < 4.78 is 24.2. The van der Waals surface area contributed by atoms with Gasteiger partial charge in [-0.3, -0.25) is 0 Å². The van der Waals surface area contributed by atoms with Crippen LogP contribution in [0.25, 0.3) is 0 Å². The number of hydrogen-bond acceptors (Lipinski definition) is 3. The summed E-state index contributed by atoms with van der Waals surface area (Å²) in [6.07, 6.45) is 0.134. The Kier molecular flexibility index (Phi) is 7.46. The van der Waals surface area contributed by atoms with Crippen molar-refractivity contribution in [2.45, 2.75) is 19.3 Å². The molecular weight excluding hydrogens is 295 g/mol. The number of rotatable bonds is 9. The molecule has 0 aliphatic heterocycles. The van der Waals surface area contributed by atoms with Gasteiger partial charge in [-0.2, -0.15) is 0 Å². The molecule has 122 valence electrons. The van der Waals surface area contributed by atoms with Gasteiger partial charge in [-0.25, -0.2) is 4.39 Å². The minimum atomic E-state index is -0.987. The van der Waals surface area contributed by atoms with Gasteiger partial charge in [0, 0.05) is 0 Å². The first-order valence-electron chi connectivity index (χ1n) is 7.51. The van der Waals surface area contributed by atoms with Crippen molar-refractivity contribution in [2.75, 3.05) is 13.2 Å². The molecule has 0 heterocycles. The first-order chi connectivity index (χ1) is 11.2. The van der Waals surface area contributed by atoms with Crippen LogP contribution in [0.15, 0.2) is 72.6 Å². The van der Waals surface area contributed by atoms with E-state index in [4.69, 9.17) is 9.47 Å². The Morgan fingerprint density at radius 1 is 0.913 bits per heavy atom. The molecule has 0 aliphatic carbocycles. The fraction of sp³-hybridized carbons (Fsp3) is 0.263. The van der Waals surface area contributed by atoms with Gasteiger partial charge in [0.2, 0.25) is 0 Å². The molecule has 0 fully saturated rings. The Bertz CT molecular complexity index is 584. The van der Waals surface area contributed by atoms with Gasteiger partial charge in [-0.15, -0.1) is 0 Å². The highest BCUT2D eigenvalue weighted by atomic mass is 19.1. The van der Waals surface area contributed by atoms with Crippen LogP contribution in [-0.4, -0.2) is 24.4 Å². The molecule has 0 spiro atoms. The van der Waals surface area contributed by atoms with Crippen molar-refractivity contribution in [1.29, 1.82) is 0 Å². The monoisotopic (exact) mass is 316 g/mol. The molecule has 0 unspecified atom stereocenters. The lowest BCUT2D eigenvalue weighted by Crippen LogP contribution is -2.13. The predicted molar refractivity (Wildman–Crippen MR) is 87.4 cm³/mol. The van der Waals surface area contributed by atoms with E-state index in [1.54, 1.807) is 0 Å². The van der Waals surface area contributed by atoms with Crippen molar-refractivity contribution in [2.24, 2.45) is 0 Å². The maximum Gasteiger partial charge on any atom is 0.124 e. The molecule has 0 aliphatic rings. The Labute approximate surface area is 136 Å². The zero-order valence-corrected chi connectivity index (χ0v) is 12.9. The summed E-state index contributed by atoms with van der Waals surface area (Å²) in [5.74, 6) is -0.503. The van der Waals surface area contributed by atoms with Gasteiger partial charge in [0.15, 0.2) is 0 Å². The topological polar surface area (TPSA) is 38.7 Å². The average Bonchev–Trinajstić information content (AvgIpc) is 2.57. The fourth-order valence-corrected chi connectivity index (χ4v) is 2.02. The zero-order chi connectivity index (χ0) is 16.3. The maximum absolute atomic E-state index is 13.6. The van der Waals surface area contributed by atoms with Crippen LogP contribution in [0.2, 0.25) is 0 Å². The first kappa shape index (κ1) is 17.3. The predicted octanol–water partition coefficient (Wildman–Crippen LogP) is 3.63. The summed E-state index contributed by atoms with van der Waals surface area (Å²) in [6, 6.07) is 19.2. The van der Waals surface area contributed by atoms with Gasteiger partial charge in [0.05, 0.1) is 32.5 Å². The van der Waals surface area contributed by atoms with Crippen LogP contribution in [-0.2, 0) is 22.7 Å². The van der Waals surface area contributed by atoms with E-state index >= 15 is 0 Å². The largest absolute Gasteiger partial charge is 0.387 e. The van der Waals surface area contributed by atoms with Crippen LogP contribution in [0.1, 0.15) is 11.1 Å². The molecule has 0 aromatic heterocycles. The maximum atomic E-state index is 13.6. The summed E-state index contributed by atoms with van der Waals surface area (Å²) in [4.78, 5) is 0. The second-order valence-corrected chi connectivity index (χ2v) is 5.16. The van der Waals surface area contributed by atoms with Crippen LogP contribution in [0.4, 0.5) is 4.39 Å². The highest BCUT2D eigenvalue weighted by Crippen LogP contribution is 2.06. The van der Waals surface area contributed by atoms with Gasteiger partial charge in [0.1, 0.15) is 5.83 Å². The SMILES string of the molecule is O[C@@H](/C=C(/F)COCc1ccccc1)COCc1ccccc1. The number of hydrogen-bond donors (Lipinski definition) is 1. The third-order valence-electron chi connectivity index (χ3n) is 3.12. The summed E-state index contributed by atoms with van der Waals surface area (Å²) in [5, 5.41) is 9.72. The lowest BCUT2D eigenvalue weighted by Gasteiger charge is -2.08. The van der Waals surface area contributed by atoms with E-state index in [1.807, 2.05) is 60.7 Å². The van der Waals surface area contributed by atoms with Crippen LogP contribution in [0.5, 0.6) is 0 Å². The van der Waals surface area contributed by atoms with E-state index in [9.17, 15) is 9.50 Å². The summed E-state index contributed by atoms with van der Waals surface area (Å²) >= 11 is 0. The molecule has 0 saturated heterocycles. The smallest absolute Gasteiger partial charge is 0.124 e. The lowest BCUT2D eigenvalue weighted by atomic mass is 10.2. The first-order valence-corrected chi connectivity index (χ1v) is 7.51. The zero-order valence-electron chi connectivity index (χ0n) is 12.9. The minimum absolute atomic E-state index is 0.0427. The molecule has 0 amide bonds. The van der Waals surface area contributed by atoms with Crippen LogP contribution in [0.3, 0.4) is 0 Å². The van der Waals surface area contributed by atoms with Crippen LogP contribution < -0.4 is 0 Å². The molecule has 0 bridgehead atoms. The van der Waals surface area contributed by atoms with Crippen molar-refractivity contribution in [1.82, 2.24) is 0 Å². The molecule has 2 aromatic carbocycles. The van der Waals surface area contributed by atoms with Gasteiger partial charge in [0.25, 0.3) is 0 Å². The number of halogens is 1. The highest BCUT2D eigenvalue weighted by Gasteiger charge is 2.04. The Balaban J connectivity index is 1.64. The molecular formula is C19H21FO3. The third-order valence-corrected chi connectivity index (χ3v) is 3.12. The second-order valence-electron chi connectivity index (χ2n) is 5.16. The van der Waals surface area contributed by atoms with Gasteiger partial charge in [-0.05, 0) is 17.2 Å². The number of aliphatic hydroxyl groups is 1. The van der Waals surface area contributed by atoms with Crippen molar-refractivity contribution < 1.29 is 19.0 Å². The van der Waals surface area contributed by atoms with Crippen molar-refractivity contribution >= 4 is 0 Å². The van der Waals surface area contributed by atoms with Gasteiger partial charge in [-0.1, -0.05) is 60.7 Å². The summed E-state index contributed by atoms with van der Waals surface area (Å²) in [6.45, 7) is 0.603. The normalized spacial score (nSPS) is 13.0. The van der Waals surface area contributed by atoms with Crippen LogP contribution in [0, 0.1) is 0 Å². The van der Waals surface area contributed by atoms with Crippen molar-refractivity contribution in [3.63, 3.8) is 0 Å². The Morgan fingerprint density at radius 3 is 2.00 bits per heavy atom. The van der Waals surface area contributed by atoms with Crippen LogP contribution >= 0.6 is 0 Å². The summed E-state index contributed by atoms with van der Waals surface area (Å²) in [7, 11) is 0. The molecule has 4 heteroatoms. The molecule has 0 saturated carbocycles. The second kappa shape index (κ2) is 9.90. The third kappa shape index (κ3) is 7.19. The quantitative estimate of drug-likeness (QED) is 0.768. The molecule has 2 aromatic rings. The standard InChI is InChI=1S/C19H21FO3/c20-18(14-22-12-16-7-3-1-4-8-16)11-19(21)15-23-13-17-9-5-2-6-10-17/h1-11,19,21H,12-15H2/b18-11+/t19-/m0/s1. The number of aliphatic hydroxyl groups excluding tert-OH is 1. The number of ether oxygens (including phenoxy) is 2. The van der Waals surface area contributed by atoms with E-state index in [0.29, 0.717) is 13.2 Å². The van der Waals surface area contributed by atoms with E-state index < -0.39 is 11.9 Å². The van der Waals surface area contributed by atoms with Gasteiger partial charge >= 0.3 is 0 Å². The van der Waals surface area contributed by atoms with Crippen molar-refractivity contribution in [3.8, 4) is 0 Å². The molecule has 1 N–H and O–H groups in total. The highest BCUT2D eigenvalue weighted by molar-refractivity contribution is 5.14. The Hall–Kier alpha value is -2.01. The molecule has 0 radical (unpaired) electrons. The Morgan fingerprint density at radius 2 is 1.43 bits per heavy atom. The van der Waals surface area contributed by atoms with E-state index in [2.05, 4.69) is 0 Å². The lowest BCUT2D eigenvalue weighted by molar-refractivity contribution is 0.0483. The number of benzene rings is 2. The minimum Gasteiger partial charge on any atom is -0.387 e.